The van der Waals surface area contributed by atoms with Crippen molar-refractivity contribution in [3.8, 4) is 5.75 Å². The third kappa shape index (κ3) is 4.06. The fraction of sp³-hybridized carbons (Fsp3) is 0.438. The van der Waals surface area contributed by atoms with E-state index in [2.05, 4.69) is 22.1 Å². The van der Waals surface area contributed by atoms with Gasteiger partial charge in [0.05, 0.1) is 31.6 Å². The number of hydrogen-bond acceptors (Lipinski definition) is 4. The number of hydrogen-bond donors (Lipinski definition) is 1. The molecule has 5 nitrogen and oxygen atoms in total. The second-order valence-corrected chi connectivity index (χ2v) is 5.42. The number of rotatable bonds is 7. The van der Waals surface area contributed by atoms with Gasteiger partial charge in [-0.25, -0.2) is 0 Å². The van der Waals surface area contributed by atoms with E-state index in [0.29, 0.717) is 0 Å². The molecular formula is C16H24N4O. The minimum Gasteiger partial charge on any atom is -0.493 e. The van der Waals surface area contributed by atoms with E-state index >= 15 is 0 Å². The quantitative estimate of drug-likeness (QED) is 0.842. The topological polar surface area (TPSA) is 56.3 Å². The van der Waals surface area contributed by atoms with Gasteiger partial charge >= 0.3 is 0 Å². The highest BCUT2D eigenvalue weighted by Gasteiger charge is 2.19. The lowest BCUT2D eigenvalue weighted by atomic mass is 10.0. The number of nitrogens with zero attached hydrogens (tertiary/aromatic N) is 3. The summed E-state index contributed by atoms with van der Waals surface area (Å²) in [6.45, 7) is 1.71. The van der Waals surface area contributed by atoms with Crippen LogP contribution in [0.4, 0.5) is 0 Å². The molecule has 21 heavy (non-hydrogen) atoms. The standard InChI is InChI=1S/C16H24N4O/c1-19(2)9-10-20-16(15(21-3)12-18-20)14(17)11-13-7-5-4-6-8-13/h4-8,12,14H,9-11,17H2,1-3H3. The van der Waals surface area contributed by atoms with E-state index < -0.39 is 0 Å². The van der Waals surface area contributed by atoms with Crippen LogP contribution in [0.25, 0.3) is 0 Å². The molecule has 0 spiro atoms. The van der Waals surface area contributed by atoms with E-state index in [1.165, 1.54) is 5.56 Å². The van der Waals surface area contributed by atoms with E-state index in [0.717, 1.165) is 31.0 Å². The van der Waals surface area contributed by atoms with Crippen LogP contribution in [0.1, 0.15) is 17.3 Å². The van der Waals surface area contributed by atoms with Crippen LogP contribution >= 0.6 is 0 Å². The highest BCUT2D eigenvalue weighted by molar-refractivity contribution is 5.30. The molecule has 1 aromatic carbocycles. The van der Waals surface area contributed by atoms with Crippen molar-refractivity contribution >= 4 is 0 Å². The molecule has 0 fully saturated rings. The third-order valence-electron chi connectivity index (χ3n) is 3.47. The zero-order chi connectivity index (χ0) is 15.2. The van der Waals surface area contributed by atoms with Crippen LogP contribution in [0.15, 0.2) is 36.5 Å². The molecule has 1 heterocycles. The molecular weight excluding hydrogens is 264 g/mol. The van der Waals surface area contributed by atoms with Crippen molar-refractivity contribution in [1.29, 1.82) is 0 Å². The van der Waals surface area contributed by atoms with Crippen molar-refractivity contribution < 1.29 is 4.74 Å². The maximum absolute atomic E-state index is 6.40. The van der Waals surface area contributed by atoms with Crippen LogP contribution in [-0.2, 0) is 13.0 Å². The molecule has 0 amide bonds. The fourth-order valence-electron chi connectivity index (χ4n) is 2.35. The summed E-state index contributed by atoms with van der Waals surface area (Å²) in [4.78, 5) is 2.13. The summed E-state index contributed by atoms with van der Waals surface area (Å²) in [6, 6.07) is 10.1. The Morgan fingerprint density at radius 1 is 1.29 bits per heavy atom. The monoisotopic (exact) mass is 288 g/mol. The first kappa shape index (κ1) is 15.5. The van der Waals surface area contributed by atoms with Crippen molar-refractivity contribution in [3.05, 3.63) is 47.8 Å². The Balaban J connectivity index is 2.17. The molecule has 0 aliphatic heterocycles. The Hall–Kier alpha value is -1.85. The second-order valence-electron chi connectivity index (χ2n) is 5.42. The van der Waals surface area contributed by atoms with Gasteiger partial charge in [-0.05, 0) is 26.1 Å². The summed E-state index contributed by atoms with van der Waals surface area (Å²) in [5.41, 5.74) is 8.58. The normalized spacial score (nSPS) is 12.6. The summed E-state index contributed by atoms with van der Waals surface area (Å²) in [7, 11) is 5.75. The summed E-state index contributed by atoms with van der Waals surface area (Å²) >= 11 is 0. The molecule has 0 aliphatic carbocycles. The van der Waals surface area contributed by atoms with Crippen LogP contribution < -0.4 is 10.5 Å². The molecule has 2 aromatic rings. The number of nitrogens with two attached hydrogens (primary N) is 1. The van der Waals surface area contributed by atoms with Gasteiger partial charge in [0.15, 0.2) is 5.75 Å². The molecule has 114 valence electrons. The molecule has 5 heteroatoms. The Morgan fingerprint density at radius 3 is 2.62 bits per heavy atom. The number of ether oxygens (including phenoxy) is 1. The number of benzene rings is 1. The van der Waals surface area contributed by atoms with Gasteiger partial charge in [0.2, 0.25) is 0 Å². The van der Waals surface area contributed by atoms with Gasteiger partial charge in [-0.1, -0.05) is 30.3 Å². The molecule has 1 aromatic heterocycles. The van der Waals surface area contributed by atoms with Crippen LogP contribution in [-0.4, -0.2) is 42.4 Å². The Morgan fingerprint density at radius 2 is 2.00 bits per heavy atom. The Bertz CT molecular complexity index is 551. The van der Waals surface area contributed by atoms with Gasteiger partial charge < -0.3 is 15.4 Å². The molecule has 1 atom stereocenters. The largest absolute Gasteiger partial charge is 0.493 e. The maximum Gasteiger partial charge on any atom is 0.161 e. The lowest BCUT2D eigenvalue weighted by Gasteiger charge is -2.17. The maximum atomic E-state index is 6.40. The Kier molecular flexibility index (Phi) is 5.36. The van der Waals surface area contributed by atoms with Gasteiger partial charge in [-0.3, -0.25) is 4.68 Å². The molecule has 0 radical (unpaired) electrons. The molecule has 0 saturated heterocycles. The van der Waals surface area contributed by atoms with Crippen LogP contribution in [0.2, 0.25) is 0 Å². The molecule has 1 unspecified atom stereocenters. The molecule has 2 N–H and O–H groups in total. The van der Waals surface area contributed by atoms with E-state index in [1.54, 1.807) is 13.3 Å². The van der Waals surface area contributed by atoms with Crippen molar-refractivity contribution in [2.45, 2.75) is 19.0 Å². The smallest absolute Gasteiger partial charge is 0.161 e. The number of likely N-dealkylation sites (N-methyl/N-ethyl adjacent to an activating group) is 1. The molecule has 0 aliphatic rings. The average Bonchev–Trinajstić information content (AvgIpc) is 2.89. The highest BCUT2D eigenvalue weighted by Crippen LogP contribution is 2.25. The summed E-state index contributed by atoms with van der Waals surface area (Å²) < 4.78 is 7.37. The molecule has 2 rings (SSSR count). The van der Waals surface area contributed by atoms with Crippen molar-refractivity contribution in [1.82, 2.24) is 14.7 Å². The number of methoxy groups -OCH3 is 1. The molecule has 0 saturated carbocycles. The lowest BCUT2D eigenvalue weighted by molar-refractivity contribution is 0.360. The SMILES string of the molecule is COc1cnn(CCN(C)C)c1C(N)Cc1ccccc1. The third-order valence-corrected chi connectivity index (χ3v) is 3.47. The van der Waals surface area contributed by atoms with E-state index in [-0.39, 0.29) is 6.04 Å². The summed E-state index contributed by atoms with van der Waals surface area (Å²) in [5.74, 6) is 0.761. The predicted molar refractivity (Wildman–Crippen MR) is 84.4 cm³/mol. The van der Waals surface area contributed by atoms with Crippen molar-refractivity contribution in [2.75, 3.05) is 27.7 Å². The van der Waals surface area contributed by atoms with Gasteiger partial charge in [0.25, 0.3) is 0 Å². The van der Waals surface area contributed by atoms with Gasteiger partial charge in [0, 0.05) is 6.54 Å². The minimum absolute atomic E-state index is 0.132. The molecule has 0 bridgehead atoms. The van der Waals surface area contributed by atoms with Crippen molar-refractivity contribution in [3.63, 3.8) is 0 Å². The van der Waals surface area contributed by atoms with E-state index in [4.69, 9.17) is 10.5 Å². The predicted octanol–water partition coefficient (Wildman–Crippen LogP) is 1.70. The van der Waals surface area contributed by atoms with Gasteiger partial charge in [-0.2, -0.15) is 5.10 Å². The first-order chi connectivity index (χ1) is 10.1. The van der Waals surface area contributed by atoms with Gasteiger partial charge in [0.1, 0.15) is 0 Å². The second kappa shape index (κ2) is 7.24. The average molecular weight is 288 g/mol. The van der Waals surface area contributed by atoms with E-state index in [9.17, 15) is 0 Å². The summed E-state index contributed by atoms with van der Waals surface area (Å²) in [5, 5.41) is 4.41. The highest BCUT2D eigenvalue weighted by atomic mass is 16.5. The van der Waals surface area contributed by atoms with Crippen LogP contribution in [0, 0.1) is 0 Å². The van der Waals surface area contributed by atoms with E-state index in [1.807, 2.05) is 37.0 Å². The summed E-state index contributed by atoms with van der Waals surface area (Å²) in [6.07, 6.45) is 2.51. The van der Waals surface area contributed by atoms with Crippen LogP contribution in [0.3, 0.4) is 0 Å². The Labute approximate surface area is 126 Å². The van der Waals surface area contributed by atoms with Gasteiger partial charge in [-0.15, -0.1) is 0 Å². The van der Waals surface area contributed by atoms with Crippen molar-refractivity contribution in [2.24, 2.45) is 5.73 Å². The first-order valence-corrected chi connectivity index (χ1v) is 7.15. The minimum atomic E-state index is -0.132. The fourth-order valence-corrected chi connectivity index (χ4v) is 2.35. The number of aromatic nitrogens is 2. The lowest BCUT2D eigenvalue weighted by Crippen LogP contribution is -2.24. The zero-order valence-corrected chi connectivity index (χ0v) is 13.0. The van der Waals surface area contributed by atoms with Crippen LogP contribution in [0.5, 0.6) is 5.75 Å². The zero-order valence-electron chi connectivity index (χ0n) is 13.0. The first-order valence-electron chi connectivity index (χ1n) is 7.15.